The molecule has 1 N–H and O–H groups in total. The van der Waals surface area contributed by atoms with Crippen LogP contribution in [0.2, 0.25) is 0 Å². The van der Waals surface area contributed by atoms with Crippen LogP contribution in [-0.4, -0.2) is 37.5 Å². The van der Waals surface area contributed by atoms with Crippen molar-refractivity contribution in [3.63, 3.8) is 0 Å². The summed E-state index contributed by atoms with van der Waals surface area (Å²) >= 11 is 0. The Morgan fingerprint density at radius 2 is 1.75 bits per heavy atom. The summed E-state index contributed by atoms with van der Waals surface area (Å²) in [6.07, 6.45) is 0.491. The van der Waals surface area contributed by atoms with E-state index in [1.54, 1.807) is 20.8 Å². The standard InChI is InChI=1S/C25H31NO6/c1-6-30-18-12-10-9-11-16(18)21-20(25(29)32-8-3)15(5)26-17-13-14(4)19(23(27)22(17)21)24(28)31-7-2/h9-12,14,19,21,26H,6-8,13H2,1-5H3. The van der Waals surface area contributed by atoms with Crippen LogP contribution in [0.4, 0.5) is 0 Å². The van der Waals surface area contributed by atoms with Gasteiger partial charge in [0.2, 0.25) is 0 Å². The van der Waals surface area contributed by atoms with Gasteiger partial charge in [0.25, 0.3) is 0 Å². The Labute approximate surface area is 188 Å². The molecule has 7 heteroatoms. The highest BCUT2D eigenvalue weighted by Gasteiger charge is 2.47. The molecule has 3 rings (SSSR count). The van der Waals surface area contributed by atoms with Crippen LogP contribution in [0.1, 0.15) is 52.5 Å². The summed E-state index contributed by atoms with van der Waals surface area (Å²) in [5.74, 6) is -2.62. The minimum absolute atomic E-state index is 0.198. The van der Waals surface area contributed by atoms with Gasteiger partial charge in [-0.05, 0) is 46.1 Å². The summed E-state index contributed by atoms with van der Waals surface area (Å²) < 4.78 is 16.4. The molecule has 0 radical (unpaired) electrons. The molecule has 0 fully saturated rings. The van der Waals surface area contributed by atoms with Crippen molar-refractivity contribution in [2.24, 2.45) is 11.8 Å². The SMILES string of the molecule is CCOC(=O)C1=C(C)NC2=C(C(=O)C(C(=O)OCC)C(C)C2)C1c1ccccc1OCC. The maximum atomic E-state index is 13.8. The van der Waals surface area contributed by atoms with Gasteiger partial charge in [-0.25, -0.2) is 4.79 Å². The molecule has 3 unspecified atom stereocenters. The Hall–Kier alpha value is -3.09. The zero-order valence-corrected chi connectivity index (χ0v) is 19.3. The smallest absolute Gasteiger partial charge is 0.336 e. The molecular formula is C25H31NO6. The quantitative estimate of drug-likeness (QED) is 0.510. The fourth-order valence-electron chi connectivity index (χ4n) is 4.58. The van der Waals surface area contributed by atoms with Crippen LogP contribution in [-0.2, 0) is 23.9 Å². The largest absolute Gasteiger partial charge is 0.494 e. The van der Waals surface area contributed by atoms with E-state index in [0.29, 0.717) is 41.2 Å². The number of nitrogens with one attached hydrogen (secondary N) is 1. The van der Waals surface area contributed by atoms with Crippen LogP contribution in [0.15, 0.2) is 46.8 Å². The minimum Gasteiger partial charge on any atom is -0.494 e. The number of carbonyl (C=O) groups excluding carboxylic acids is 3. The van der Waals surface area contributed by atoms with Gasteiger partial charge in [0.05, 0.1) is 31.3 Å². The van der Waals surface area contributed by atoms with Crippen molar-refractivity contribution >= 4 is 17.7 Å². The molecule has 0 saturated heterocycles. The lowest BCUT2D eigenvalue weighted by Gasteiger charge is -2.38. The first-order valence-corrected chi connectivity index (χ1v) is 11.2. The highest BCUT2D eigenvalue weighted by molar-refractivity contribution is 6.12. The fourth-order valence-corrected chi connectivity index (χ4v) is 4.58. The lowest BCUT2D eigenvalue weighted by Crippen LogP contribution is -2.43. The first-order valence-electron chi connectivity index (χ1n) is 11.2. The van der Waals surface area contributed by atoms with Crippen molar-refractivity contribution in [2.75, 3.05) is 19.8 Å². The van der Waals surface area contributed by atoms with Gasteiger partial charge in [-0.3, -0.25) is 9.59 Å². The van der Waals surface area contributed by atoms with E-state index in [2.05, 4.69) is 5.32 Å². The van der Waals surface area contributed by atoms with E-state index in [1.807, 2.05) is 38.1 Å². The second-order valence-electron chi connectivity index (χ2n) is 7.96. The van der Waals surface area contributed by atoms with E-state index in [4.69, 9.17) is 14.2 Å². The van der Waals surface area contributed by atoms with Gasteiger partial charge in [0.15, 0.2) is 5.78 Å². The van der Waals surface area contributed by atoms with Crippen LogP contribution < -0.4 is 10.1 Å². The number of carbonyl (C=O) groups is 3. The number of allylic oxidation sites excluding steroid dienone is 3. The third-order valence-electron chi connectivity index (χ3n) is 5.85. The van der Waals surface area contributed by atoms with Gasteiger partial charge in [-0.1, -0.05) is 25.1 Å². The van der Waals surface area contributed by atoms with E-state index < -0.39 is 23.8 Å². The number of para-hydroxylation sites is 1. The summed E-state index contributed by atoms with van der Waals surface area (Å²) in [7, 11) is 0. The molecule has 172 valence electrons. The number of ether oxygens (including phenoxy) is 3. The summed E-state index contributed by atoms with van der Waals surface area (Å²) in [5.41, 5.74) is 2.81. The van der Waals surface area contributed by atoms with E-state index in [1.165, 1.54) is 0 Å². The highest BCUT2D eigenvalue weighted by atomic mass is 16.5. The number of Topliss-reactive ketones (excluding diaryl/α,β-unsaturated/α-hetero) is 1. The predicted molar refractivity (Wildman–Crippen MR) is 119 cm³/mol. The number of dihydropyridines is 1. The maximum absolute atomic E-state index is 13.8. The minimum atomic E-state index is -0.917. The first-order chi connectivity index (χ1) is 15.3. The molecule has 32 heavy (non-hydrogen) atoms. The van der Waals surface area contributed by atoms with Crippen molar-refractivity contribution in [3.8, 4) is 5.75 Å². The van der Waals surface area contributed by atoms with Crippen molar-refractivity contribution in [3.05, 3.63) is 52.4 Å². The number of hydrogen-bond donors (Lipinski definition) is 1. The molecule has 0 aromatic heterocycles. The van der Waals surface area contributed by atoms with Gasteiger partial charge in [0, 0.05) is 22.5 Å². The lowest BCUT2D eigenvalue weighted by atomic mass is 9.69. The third kappa shape index (κ3) is 4.29. The first kappa shape index (κ1) is 23.6. The number of rotatable bonds is 7. The molecule has 3 atom stereocenters. The monoisotopic (exact) mass is 441 g/mol. The Morgan fingerprint density at radius 1 is 1.06 bits per heavy atom. The summed E-state index contributed by atoms with van der Waals surface area (Å²) in [6.45, 7) is 9.84. The predicted octanol–water partition coefficient (Wildman–Crippen LogP) is 3.65. The lowest BCUT2D eigenvalue weighted by molar-refractivity contribution is -0.153. The Kier molecular flexibility index (Phi) is 7.38. The second kappa shape index (κ2) is 10.0. The number of benzene rings is 1. The number of esters is 2. The second-order valence-corrected chi connectivity index (χ2v) is 7.96. The summed E-state index contributed by atoms with van der Waals surface area (Å²) in [6, 6.07) is 7.36. The van der Waals surface area contributed by atoms with E-state index in [0.717, 1.165) is 5.70 Å². The summed E-state index contributed by atoms with van der Waals surface area (Å²) in [5, 5.41) is 3.26. The molecule has 2 aliphatic rings. The fraction of sp³-hybridized carbons (Fsp3) is 0.480. The molecule has 1 aliphatic heterocycles. The van der Waals surface area contributed by atoms with E-state index in [-0.39, 0.29) is 24.9 Å². The van der Waals surface area contributed by atoms with Crippen molar-refractivity contribution in [1.82, 2.24) is 5.32 Å². The highest BCUT2D eigenvalue weighted by Crippen LogP contribution is 2.47. The zero-order chi connectivity index (χ0) is 23.4. The van der Waals surface area contributed by atoms with Gasteiger partial charge in [-0.15, -0.1) is 0 Å². The molecular weight excluding hydrogens is 410 g/mol. The van der Waals surface area contributed by atoms with Gasteiger partial charge >= 0.3 is 11.9 Å². The van der Waals surface area contributed by atoms with Crippen LogP contribution in [0, 0.1) is 11.8 Å². The number of hydrogen-bond acceptors (Lipinski definition) is 7. The average molecular weight is 442 g/mol. The Morgan fingerprint density at radius 3 is 2.41 bits per heavy atom. The molecule has 1 aromatic rings. The third-order valence-corrected chi connectivity index (χ3v) is 5.85. The molecule has 0 bridgehead atoms. The summed E-state index contributed by atoms with van der Waals surface area (Å²) in [4.78, 5) is 39.5. The van der Waals surface area contributed by atoms with Crippen LogP contribution in [0.25, 0.3) is 0 Å². The molecule has 7 nitrogen and oxygen atoms in total. The Bertz CT molecular complexity index is 976. The van der Waals surface area contributed by atoms with Gasteiger partial charge in [0.1, 0.15) is 11.7 Å². The van der Waals surface area contributed by atoms with E-state index in [9.17, 15) is 14.4 Å². The van der Waals surface area contributed by atoms with Crippen molar-refractivity contribution in [1.29, 1.82) is 0 Å². The molecule has 1 aliphatic carbocycles. The van der Waals surface area contributed by atoms with Crippen molar-refractivity contribution < 1.29 is 28.6 Å². The topological polar surface area (TPSA) is 90.9 Å². The average Bonchev–Trinajstić information content (AvgIpc) is 2.73. The zero-order valence-electron chi connectivity index (χ0n) is 19.3. The molecule has 1 heterocycles. The van der Waals surface area contributed by atoms with E-state index >= 15 is 0 Å². The molecule has 0 spiro atoms. The van der Waals surface area contributed by atoms with Crippen LogP contribution in [0.5, 0.6) is 5.75 Å². The molecule has 1 aromatic carbocycles. The molecule has 0 saturated carbocycles. The van der Waals surface area contributed by atoms with Gasteiger partial charge in [-0.2, -0.15) is 0 Å². The normalized spacial score (nSPS) is 22.8. The van der Waals surface area contributed by atoms with Crippen LogP contribution in [0.3, 0.4) is 0 Å². The Balaban J connectivity index is 2.21. The number of ketones is 1. The molecule has 0 amide bonds. The van der Waals surface area contributed by atoms with Crippen molar-refractivity contribution in [2.45, 2.75) is 47.0 Å². The van der Waals surface area contributed by atoms with Crippen LogP contribution >= 0.6 is 0 Å². The maximum Gasteiger partial charge on any atom is 0.336 e. The van der Waals surface area contributed by atoms with Gasteiger partial charge < -0.3 is 19.5 Å².